The highest BCUT2D eigenvalue weighted by atomic mass is 16.5. The molecule has 1 unspecified atom stereocenters. The molecule has 1 aromatic rings. The fourth-order valence-corrected chi connectivity index (χ4v) is 3.10. The lowest BCUT2D eigenvalue weighted by atomic mass is 10.1. The van der Waals surface area contributed by atoms with E-state index in [1.165, 1.54) is 5.56 Å². The first-order valence-corrected chi connectivity index (χ1v) is 9.26. The summed E-state index contributed by atoms with van der Waals surface area (Å²) in [5.74, 6) is -0.279. The highest BCUT2D eigenvalue weighted by Crippen LogP contribution is 2.28. The summed E-state index contributed by atoms with van der Waals surface area (Å²) >= 11 is 0. The van der Waals surface area contributed by atoms with Gasteiger partial charge >= 0.3 is 0 Å². The van der Waals surface area contributed by atoms with Crippen molar-refractivity contribution in [3.8, 4) is 0 Å². The number of hydrogen-bond acceptors (Lipinski definition) is 3. The van der Waals surface area contributed by atoms with Gasteiger partial charge in [0.25, 0.3) is 0 Å². The molecule has 1 N–H and O–H groups in total. The summed E-state index contributed by atoms with van der Waals surface area (Å²) in [5, 5.41) is 2.93. The maximum absolute atomic E-state index is 12.3. The Kier molecular flexibility index (Phi) is 7.44. The van der Waals surface area contributed by atoms with Crippen molar-refractivity contribution in [1.29, 1.82) is 0 Å². The van der Waals surface area contributed by atoms with Crippen molar-refractivity contribution in [2.24, 2.45) is 5.92 Å². The predicted molar refractivity (Wildman–Crippen MR) is 99.7 cm³/mol. The average molecular weight is 346 g/mol. The number of carbonyl (C=O) groups is 2. The summed E-state index contributed by atoms with van der Waals surface area (Å²) in [7, 11) is 0. The van der Waals surface area contributed by atoms with Gasteiger partial charge in [-0.1, -0.05) is 31.0 Å². The lowest BCUT2D eigenvalue weighted by molar-refractivity contribution is -0.126. The Morgan fingerprint density at radius 1 is 1.28 bits per heavy atom. The van der Waals surface area contributed by atoms with E-state index >= 15 is 0 Å². The SMILES string of the molecule is CCCCOCCCNC(=O)C1CC(=O)N(c2ccc(C)cc2C)C1. The first-order chi connectivity index (χ1) is 12.0. The molecule has 138 valence electrons. The number of ether oxygens (including phenoxy) is 1. The zero-order valence-corrected chi connectivity index (χ0v) is 15.6. The van der Waals surface area contributed by atoms with Gasteiger partial charge in [0.2, 0.25) is 11.8 Å². The van der Waals surface area contributed by atoms with Crippen molar-refractivity contribution < 1.29 is 14.3 Å². The Morgan fingerprint density at radius 3 is 2.76 bits per heavy atom. The molecule has 0 aromatic heterocycles. The van der Waals surface area contributed by atoms with Crippen LogP contribution in [-0.4, -0.2) is 38.1 Å². The molecule has 1 saturated heterocycles. The standard InChI is InChI=1S/C20H30N2O3/c1-4-5-10-25-11-6-9-21-20(24)17-13-19(23)22(14-17)18-8-7-15(2)12-16(18)3/h7-8,12,17H,4-6,9-11,13-14H2,1-3H3,(H,21,24). The van der Waals surface area contributed by atoms with Crippen molar-refractivity contribution in [2.75, 3.05) is 31.2 Å². The summed E-state index contributed by atoms with van der Waals surface area (Å²) < 4.78 is 5.48. The van der Waals surface area contributed by atoms with E-state index in [4.69, 9.17) is 4.74 Å². The lowest BCUT2D eigenvalue weighted by Gasteiger charge is -2.19. The number of nitrogens with zero attached hydrogens (tertiary/aromatic N) is 1. The average Bonchev–Trinajstić information content (AvgIpc) is 2.95. The van der Waals surface area contributed by atoms with E-state index in [0.717, 1.165) is 37.1 Å². The second kappa shape index (κ2) is 9.56. The van der Waals surface area contributed by atoms with E-state index in [1.807, 2.05) is 26.0 Å². The van der Waals surface area contributed by atoms with Crippen LogP contribution >= 0.6 is 0 Å². The van der Waals surface area contributed by atoms with Crippen molar-refractivity contribution in [2.45, 2.75) is 46.5 Å². The number of nitrogens with one attached hydrogen (secondary N) is 1. The van der Waals surface area contributed by atoms with Gasteiger partial charge in [-0.25, -0.2) is 0 Å². The first-order valence-electron chi connectivity index (χ1n) is 9.26. The molecule has 1 aliphatic heterocycles. The van der Waals surface area contributed by atoms with Crippen LogP contribution in [0.1, 0.15) is 43.7 Å². The fourth-order valence-electron chi connectivity index (χ4n) is 3.10. The second-order valence-corrected chi connectivity index (χ2v) is 6.81. The zero-order chi connectivity index (χ0) is 18.2. The van der Waals surface area contributed by atoms with Crippen molar-refractivity contribution in [3.63, 3.8) is 0 Å². The van der Waals surface area contributed by atoms with Gasteiger partial charge < -0.3 is 15.0 Å². The summed E-state index contributed by atoms with van der Waals surface area (Å²) in [4.78, 5) is 26.4. The zero-order valence-electron chi connectivity index (χ0n) is 15.6. The molecule has 0 spiro atoms. The van der Waals surface area contributed by atoms with Crippen LogP contribution in [-0.2, 0) is 14.3 Å². The third kappa shape index (κ3) is 5.56. The Labute approximate surface area is 150 Å². The van der Waals surface area contributed by atoms with Gasteiger partial charge in [0, 0.05) is 38.4 Å². The van der Waals surface area contributed by atoms with E-state index in [-0.39, 0.29) is 24.2 Å². The van der Waals surface area contributed by atoms with E-state index < -0.39 is 0 Å². The van der Waals surface area contributed by atoms with Gasteiger partial charge in [0.15, 0.2) is 0 Å². The molecule has 0 bridgehead atoms. The van der Waals surface area contributed by atoms with Crippen LogP contribution < -0.4 is 10.2 Å². The Morgan fingerprint density at radius 2 is 2.04 bits per heavy atom. The van der Waals surface area contributed by atoms with Gasteiger partial charge in [0.05, 0.1) is 5.92 Å². The minimum Gasteiger partial charge on any atom is -0.381 e. The van der Waals surface area contributed by atoms with Gasteiger partial charge in [-0.05, 0) is 38.3 Å². The minimum absolute atomic E-state index is 0.0232. The molecule has 1 heterocycles. The molecule has 2 rings (SSSR count). The number of amides is 2. The van der Waals surface area contributed by atoms with E-state index in [2.05, 4.69) is 18.3 Å². The third-order valence-corrected chi connectivity index (χ3v) is 4.55. The maximum Gasteiger partial charge on any atom is 0.227 e. The molecule has 1 aromatic carbocycles. The highest BCUT2D eigenvalue weighted by molar-refractivity contribution is 6.00. The van der Waals surface area contributed by atoms with E-state index in [9.17, 15) is 9.59 Å². The number of rotatable bonds is 9. The van der Waals surface area contributed by atoms with Gasteiger partial charge in [-0.3, -0.25) is 9.59 Å². The summed E-state index contributed by atoms with van der Waals surface area (Å²) in [5.41, 5.74) is 3.15. The number of aryl methyl sites for hydroxylation is 2. The van der Waals surface area contributed by atoms with Crippen LogP contribution in [0.15, 0.2) is 18.2 Å². The minimum atomic E-state index is -0.269. The first kappa shape index (κ1) is 19.4. The topological polar surface area (TPSA) is 58.6 Å². The molecule has 0 aliphatic carbocycles. The van der Waals surface area contributed by atoms with Crippen LogP contribution in [0.3, 0.4) is 0 Å². The molecule has 1 aliphatic rings. The lowest BCUT2D eigenvalue weighted by Crippen LogP contribution is -2.34. The fraction of sp³-hybridized carbons (Fsp3) is 0.600. The molecular weight excluding hydrogens is 316 g/mol. The molecule has 1 fully saturated rings. The van der Waals surface area contributed by atoms with Gasteiger partial charge in [0.1, 0.15) is 0 Å². The number of unbranched alkanes of at least 4 members (excludes halogenated alkanes) is 1. The highest BCUT2D eigenvalue weighted by Gasteiger charge is 2.35. The van der Waals surface area contributed by atoms with Crippen LogP contribution in [0, 0.1) is 19.8 Å². The van der Waals surface area contributed by atoms with Gasteiger partial charge in [-0.15, -0.1) is 0 Å². The molecule has 0 radical (unpaired) electrons. The summed E-state index contributed by atoms with van der Waals surface area (Å²) in [6, 6.07) is 6.03. The van der Waals surface area contributed by atoms with Crippen molar-refractivity contribution in [3.05, 3.63) is 29.3 Å². The van der Waals surface area contributed by atoms with E-state index in [0.29, 0.717) is 19.7 Å². The summed E-state index contributed by atoms with van der Waals surface area (Å²) in [6.45, 7) is 8.67. The smallest absolute Gasteiger partial charge is 0.227 e. The van der Waals surface area contributed by atoms with Crippen LogP contribution in [0.25, 0.3) is 0 Å². The predicted octanol–water partition coefficient (Wildman–Crippen LogP) is 2.98. The molecule has 5 nitrogen and oxygen atoms in total. The summed E-state index contributed by atoms with van der Waals surface area (Å²) in [6.07, 6.45) is 3.29. The number of anilines is 1. The quantitative estimate of drug-likeness (QED) is 0.699. The van der Waals surface area contributed by atoms with Crippen molar-refractivity contribution >= 4 is 17.5 Å². The number of hydrogen-bond donors (Lipinski definition) is 1. The normalized spacial score (nSPS) is 17.2. The maximum atomic E-state index is 12.3. The molecule has 25 heavy (non-hydrogen) atoms. The van der Waals surface area contributed by atoms with Gasteiger partial charge in [-0.2, -0.15) is 0 Å². The van der Waals surface area contributed by atoms with E-state index in [1.54, 1.807) is 4.90 Å². The second-order valence-electron chi connectivity index (χ2n) is 6.81. The Hall–Kier alpha value is -1.88. The third-order valence-electron chi connectivity index (χ3n) is 4.55. The Balaban J connectivity index is 1.78. The van der Waals surface area contributed by atoms with Crippen molar-refractivity contribution in [1.82, 2.24) is 5.32 Å². The number of benzene rings is 1. The molecular formula is C20H30N2O3. The Bertz CT molecular complexity index is 601. The largest absolute Gasteiger partial charge is 0.381 e. The molecule has 0 saturated carbocycles. The molecule has 2 amide bonds. The van der Waals surface area contributed by atoms with Crippen LogP contribution in [0.2, 0.25) is 0 Å². The molecule has 1 atom stereocenters. The number of carbonyl (C=O) groups excluding carboxylic acids is 2. The van der Waals surface area contributed by atoms with Crippen LogP contribution in [0.5, 0.6) is 0 Å². The monoisotopic (exact) mass is 346 g/mol. The van der Waals surface area contributed by atoms with Crippen LogP contribution in [0.4, 0.5) is 5.69 Å². The molecule has 5 heteroatoms.